The van der Waals surface area contributed by atoms with Crippen LogP contribution < -0.4 is 10.1 Å². The molecule has 0 saturated carbocycles. The molecule has 2 aromatic rings. The van der Waals surface area contributed by atoms with Gasteiger partial charge in [-0.3, -0.25) is 14.9 Å². The molecule has 0 atom stereocenters. The van der Waals surface area contributed by atoms with E-state index in [0.717, 1.165) is 41.5 Å². The summed E-state index contributed by atoms with van der Waals surface area (Å²) in [5.41, 5.74) is 1.62. The molecule has 1 aliphatic heterocycles. The van der Waals surface area contributed by atoms with Gasteiger partial charge in [0.05, 0.1) is 23.2 Å². The first-order chi connectivity index (χ1) is 11.5. The van der Waals surface area contributed by atoms with Gasteiger partial charge in [-0.25, -0.2) is 4.39 Å². The maximum absolute atomic E-state index is 13.8. The standard InChI is InChI=1S/C17H15FN2O4/c18-15-10-13(20(22)23)2-3-14(15)17(21)19-7-5-11-1-4-16-12(9-11)6-8-24-16/h1-4,9-10H,5-8H2,(H,19,21). The smallest absolute Gasteiger partial charge is 0.272 e. The summed E-state index contributed by atoms with van der Waals surface area (Å²) in [7, 11) is 0. The number of ether oxygens (including phenoxy) is 1. The number of rotatable bonds is 5. The van der Waals surface area contributed by atoms with Crippen molar-refractivity contribution < 1.29 is 18.8 Å². The second-order valence-electron chi connectivity index (χ2n) is 5.47. The van der Waals surface area contributed by atoms with E-state index in [2.05, 4.69) is 5.32 Å². The number of amides is 1. The van der Waals surface area contributed by atoms with Gasteiger partial charge in [0, 0.05) is 19.0 Å². The van der Waals surface area contributed by atoms with Crippen molar-refractivity contribution in [1.29, 1.82) is 0 Å². The van der Waals surface area contributed by atoms with Crippen LogP contribution in [0.1, 0.15) is 21.5 Å². The summed E-state index contributed by atoms with van der Waals surface area (Å²) < 4.78 is 19.2. The first-order valence-corrected chi connectivity index (χ1v) is 7.51. The Morgan fingerprint density at radius 1 is 1.29 bits per heavy atom. The quantitative estimate of drug-likeness (QED) is 0.675. The van der Waals surface area contributed by atoms with Crippen LogP contribution in [0.4, 0.5) is 10.1 Å². The summed E-state index contributed by atoms with van der Waals surface area (Å²) in [6.07, 6.45) is 1.48. The lowest BCUT2D eigenvalue weighted by atomic mass is 10.1. The number of carbonyl (C=O) groups excluding carboxylic acids is 1. The van der Waals surface area contributed by atoms with E-state index in [9.17, 15) is 19.3 Å². The summed E-state index contributed by atoms with van der Waals surface area (Å²) in [6.45, 7) is 1.03. The molecule has 6 nitrogen and oxygen atoms in total. The molecule has 0 unspecified atom stereocenters. The fourth-order valence-electron chi connectivity index (χ4n) is 2.61. The Labute approximate surface area is 137 Å². The lowest BCUT2D eigenvalue weighted by Crippen LogP contribution is -2.26. The van der Waals surface area contributed by atoms with E-state index in [-0.39, 0.29) is 11.3 Å². The van der Waals surface area contributed by atoms with Crippen LogP contribution in [0, 0.1) is 15.9 Å². The number of carbonyl (C=O) groups is 1. The molecule has 0 saturated heterocycles. The molecule has 0 radical (unpaired) electrons. The molecule has 124 valence electrons. The summed E-state index contributed by atoms with van der Waals surface area (Å²) in [4.78, 5) is 21.9. The third kappa shape index (κ3) is 3.34. The van der Waals surface area contributed by atoms with E-state index in [4.69, 9.17) is 4.74 Å². The van der Waals surface area contributed by atoms with Crippen LogP contribution in [0.15, 0.2) is 36.4 Å². The largest absolute Gasteiger partial charge is 0.493 e. The first-order valence-electron chi connectivity index (χ1n) is 7.51. The molecular formula is C17H15FN2O4. The first kappa shape index (κ1) is 15.9. The highest BCUT2D eigenvalue weighted by atomic mass is 19.1. The van der Waals surface area contributed by atoms with E-state index in [0.29, 0.717) is 19.6 Å². The highest BCUT2D eigenvalue weighted by Gasteiger charge is 2.16. The normalized spacial score (nSPS) is 12.4. The van der Waals surface area contributed by atoms with Gasteiger partial charge < -0.3 is 10.1 Å². The number of nitrogens with one attached hydrogen (secondary N) is 1. The van der Waals surface area contributed by atoms with E-state index < -0.39 is 16.6 Å². The van der Waals surface area contributed by atoms with Gasteiger partial charge in [-0.2, -0.15) is 0 Å². The summed E-state index contributed by atoms with van der Waals surface area (Å²) in [5, 5.41) is 13.2. The van der Waals surface area contributed by atoms with Crippen LogP contribution >= 0.6 is 0 Å². The molecule has 24 heavy (non-hydrogen) atoms. The molecule has 0 spiro atoms. The average Bonchev–Trinajstić information content (AvgIpc) is 3.02. The van der Waals surface area contributed by atoms with Crippen LogP contribution in [0.25, 0.3) is 0 Å². The van der Waals surface area contributed by atoms with Gasteiger partial charge in [0.2, 0.25) is 0 Å². The van der Waals surface area contributed by atoms with Crippen LogP contribution in [-0.4, -0.2) is 24.0 Å². The lowest BCUT2D eigenvalue weighted by Gasteiger charge is -2.07. The van der Waals surface area contributed by atoms with Crippen molar-refractivity contribution in [2.75, 3.05) is 13.2 Å². The highest BCUT2D eigenvalue weighted by Crippen LogP contribution is 2.25. The number of halogens is 1. The van der Waals surface area contributed by atoms with Crippen LogP contribution in [0.3, 0.4) is 0 Å². The van der Waals surface area contributed by atoms with E-state index >= 15 is 0 Å². The van der Waals surface area contributed by atoms with Gasteiger partial charge >= 0.3 is 0 Å². The fraction of sp³-hybridized carbons (Fsp3) is 0.235. The van der Waals surface area contributed by atoms with Crippen molar-refractivity contribution in [3.63, 3.8) is 0 Å². The molecule has 1 aliphatic rings. The van der Waals surface area contributed by atoms with Crippen molar-refractivity contribution in [1.82, 2.24) is 5.32 Å². The van der Waals surface area contributed by atoms with E-state index in [1.807, 2.05) is 18.2 Å². The molecule has 1 N–H and O–H groups in total. The molecule has 3 rings (SSSR count). The van der Waals surface area contributed by atoms with Gasteiger partial charge in [0.25, 0.3) is 11.6 Å². The number of nitro benzene ring substituents is 1. The minimum Gasteiger partial charge on any atom is -0.493 e. The number of non-ortho nitro benzene ring substituents is 1. The summed E-state index contributed by atoms with van der Waals surface area (Å²) in [5.74, 6) is -0.598. The molecule has 0 bridgehead atoms. The molecule has 2 aromatic carbocycles. The van der Waals surface area contributed by atoms with Crippen LogP contribution in [-0.2, 0) is 12.8 Å². The molecule has 0 aromatic heterocycles. The minimum atomic E-state index is -0.906. The minimum absolute atomic E-state index is 0.206. The number of hydrogen-bond acceptors (Lipinski definition) is 4. The predicted molar refractivity (Wildman–Crippen MR) is 84.7 cm³/mol. The fourth-order valence-corrected chi connectivity index (χ4v) is 2.61. The highest BCUT2D eigenvalue weighted by molar-refractivity contribution is 5.94. The monoisotopic (exact) mass is 330 g/mol. The number of hydrogen-bond donors (Lipinski definition) is 1. The van der Waals surface area contributed by atoms with E-state index in [1.54, 1.807) is 0 Å². The maximum Gasteiger partial charge on any atom is 0.272 e. The maximum atomic E-state index is 13.8. The average molecular weight is 330 g/mol. The Hall–Kier alpha value is -2.96. The number of benzene rings is 2. The van der Waals surface area contributed by atoms with Gasteiger partial charge in [-0.15, -0.1) is 0 Å². The Bertz CT molecular complexity index is 807. The van der Waals surface area contributed by atoms with Crippen molar-refractivity contribution in [3.05, 3.63) is 69.0 Å². The van der Waals surface area contributed by atoms with Crippen LogP contribution in [0.5, 0.6) is 5.75 Å². The second-order valence-corrected chi connectivity index (χ2v) is 5.47. The van der Waals surface area contributed by atoms with Gasteiger partial charge in [0.1, 0.15) is 11.6 Å². The number of nitro groups is 1. The lowest BCUT2D eigenvalue weighted by molar-refractivity contribution is -0.385. The number of fused-ring (bicyclic) bond motifs is 1. The van der Waals surface area contributed by atoms with Crippen molar-refractivity contribution in [2.45, 2.75) is 12.8 Å². The van der Waals surface area contributed by atoms with Crippen molar-refractivity contribution >= 4 is 11.6 Å². The van der Waals surface area contributed by atoms with Crippen molar-refractivity contribution in [3.8, 4) is 5.75 Å². The molecule has 1 amide bonds. The number of nitrogens with zero attached hydrogens (tertiary/aromatic N) is 1. The molecule has 1 heterocycles. The summed E-state index contributed by atoms with van der Waals surface area (Å²) >= 11 is 0. The third-order valence-corrected chi connectivity index (χ3v) is 3.86. The third-order valence-electron chi connectivity index (χ3n) is 3.86. The molecule has 7 heteroatoms. The zero-order valence-corrected chi connectivity index (χ0v) is 12.8. The van der Waals surface area contributed by atoms with Gasteiger partial charge in [-0.05, 0) is 29.7 Å². The zero-order valence-electron chi connectivity index (χ0n) is 12.8. The molecular weight excluding hydrogens is 315 g/mol. The Morgan fingerprint density at radius 3 is 2.88 bits per heavy atom. The Kier molecular flexibility index (Phi) is 4.41. The molecule has 0 fully saturated rings. The van der Waals surface area contributed by atoms with Gasteiger partial charge in [-0.1, -0.05) is 12.1 Å². The topological polar surface area (TPSA) is 81.5 Å². The SMILES string of the molecule is O=C(NCCc1ccc2c(c1)CCO2)c1ccc([N+](=O)[O-])cc1F. The Morgan fingerprint density at radius 2 is 2.12 bits per heavy atom. The summed E-state index contributed by atoms with van der Waals surface area (Å²) in [6, 6.07) is 8.86. The van der Waals surface area contributed by atoms with Gasteiger partial charge in [0.15, 0.2) is 0 Å². The molecule has 0 aliphatic carbocycles. The second kappa shape index (κ2) is 6.66. The van der Waals surface area contributed by atoms with Crippen molar-refractivity contribution in [2.24, 2.45) is 0 Å². The zero-order chi connectivity index (χ0) is 17.1. The van der Waals surface area contributed by atoms with E-state index in [1.165, 1.54) is 0 Å². The van der Waals surface area contributed by atoms with Crippen LogP contribution in [0.2, 0.25) is 0 Å². The Balaban J connectivity index is 1.59. The predicted octanol–water partition coefficient (Wildman–Crippen LogP) is 2.64.